The quantitative estimate of drug-likeness (QED) is 0.141. The largest absolute Gasteiger partial charge is 0.492 e. The molecule has 0 saturated carbocycles. The van der Waals surface area contributed by atoms with Crippen molar-refractivity contribution in [3.63, 3.8) is 0 Å². The van der Waals surface area contributed by atoms with E-state index in [2.05, 4.69) is 25.0 Å². The molecule has 2 amide bonds. The van der Waals surface area contributed by atoms with Crippen molar-refractivity contribution in [2.45, 2.75) is 64.9 Å². The smallest absolute Gasteiger partial charge is 0.407 e. The van der Waals surface area contributed by atoms with Crippen LogP contribution >= 0.6 is 0 Å². The standard InChI is InChI=1S/C32H51N5O8S2/c1-32(2,3)45-31(39)34-21-18-30(38)33-20-8-6-7-9-22-37(23-19-26-10-12-27(13-11-26)35-46(4,40)41)24-25-44-29-16-14-28(15-17-29)36-47(5,42)43/h10-17,35-36H,6-9,18-25H2,1-5H3,(H,33,38)(H,34,39). The molecule has 0 aliphatic carbocycles. The molecule has 264 valence electrons. The van der Waals surface area contributed by atoms with Crippen LogP contribution in [0.25, 0.3) is 0 Å². The lowest BCUT2D eigenvalue weighted by Crippen LogP contribution is -2.35. The van der Waals surface area contributed by atoms with Gasteiger partial charge in [0, 0.05) is 44.0 Å². The number of amides is 2. The van der Waals surface area contributed by atoms with Crippen molar-refractivity contribution in [2.75, 3.05) is 61.3 Å². The Labute approximate surface area is 280 Å². The van der Waals surface area contributed by atoms with E-state index < -0.39 is 31.7 Å². The monoisotopic (exact) mass is 697 g/mol. The van der Waals surface area contributed by atoms with Gasteiger partial charge < -0.3 is 20.1 Å². The fourth-order valence-corrected chi connectivity index (χ4v) is 5.55. The fourth-order valence-electron chi connectivity index (χ4n) is 4.42. The van der Waals surface area contributed by atoms with Gasteiger partial charge in [-0.1, -0.05) is 25.0 Å². The highest BCUT2D eigenvalue weighted by molar-refractivity contribution is 7.92. The first-order valence-corrected chi connectivity index (χ1v) is 19.5. The predicted molar refractivity (Wildman–Crippen MR) is 186 cm³/mol. The third-order valence-electron chi connectivity index (χ3n) is 6.55. The molecular formula is C32H51N5O8S2. The summed E-state index contributed by atoms with van der Waals surface area (Å²) in [4.78, 5) is 26.0. The summed E-state index contributed by atoms with van der Waals surface area (Å²) in [6.07, 6.45) is 6.42. The number of anilines is 2. The average Bonchev–Trinajstić information content (AvgIpc) is 2.94. The van der Waals surface area contributed by atoms with Crippen molar-refractivity contribution >= 4 is 43.4 Å². The molecule has 0 fully saturated rings. The summed E-state index contributed by atoms with van der Waals surface area (Å²) in [5.74, 6) is 0.523. The van der Waals surface area contributed by atoms with Crippen molar-refractivity contribution in [3.8, 4) is 5.75 Å². The normalized spacial score (nSPS) is 12.0. The maximum atomic E-state index is 12.1. The number of alkyl carbamates (subject to hydrolysis) is 1. The van der Waals surface area contributed by atoms with Crippen LogP contribution in [-0.4, -0.2) is 91.2 Å². The molecule has 2 aromatic rings. The van der Waals surface area contributed by atoms with Gasteiger partial charge in [0.1, 0.15) is 18.0 Å². The second kappa shape index (κ2) is 19.3. The number of hydrogen-bond donors (Lipinski definition) is 4. The van der Waals surface area contributed by atoms with Gasteiger partial charge in [0.2, 0.25) is 26.0 Å². The van der Waals surface area contributed by atoms with Gasteiger partial charge in [0.15, 0.2) is 0 Å². The summed E-state index contributed by atoms with van der Waals surface area (Å²) in [6, 6.07) is 14.1. The number of sulfonamides is 2. The molecule has 0 saturated heterocycles. The Hall–Kier alpha value is -3.56. The van der Waals surface area contributed by atoms with Crippen molar-refractivity contribution in [1.82, 2.24) is 15.5 Å². The van der Waals surface area contributed by atoms with Gasteiger partial charge in [-0.3, -0.25) is 19.1 Å². The number of carbonyl (C=O) groups excluding carboxylic acids is 2. The fraction of sp³-hybridized carbons (Fsp3) is 0.562. The van der Waals surface area contributed by atoms with E-state index in [-0.39, 0.29) is 18.9 Å². The van der Waals surface area contributed by atoms with Gasteiger partial charge in [-0.2, -0.15) is 0 Å². The van der Waals surface area contributed by atoms with E-state index in [0.717, 1.165) is 63.3 Å². The molecule has 0 aliphatic rings. The first-order chi connectivity index (χ1) is 22.0. The molecule has 0 aliphatic heterocycles. The molecule has 47 heavy (non-hydrogen) atoms. The minimum Gasteiger partial charge on any atom is -0.492 e. The highest BCUT2D eigenvalue weighted by Crippen LogP contribution is 2.17. The molecule has 0 heterocycles. The molecule has 13 nitrogen and oxygen atoms in total. The number of benzene rings is 2. The molecule has 4 N–H and O–H groups in total. The molecule has 2 aromatic carbocycles. The number of unbranched alkanes of at least 4 members (excludes halogenated alkanes) is 3. The summed E-state index contributed by atoms with van der Waals surface area (Å²) in [6.45, 7) is 8.91. The highest BCUT2D eigenvalue weighted by Gasteiger charge is 2.16. The van der Waals surface area contributed by atoms with Crippen LogP contribution in [0.5, 0.6) is 5.75 Å². The summed E-state index contributed by atoms with van der Waals surface area (Å²) in [5.41, 5.74) is 1.49. The minimum atomic E-state index is -3.35. The second-order valence-corrected chi connectivity index (χ2v) is 15.8. The zero-order chi connectivity index (χ0) is 34.9. The molecule has 0 unspecified atom stereocenters. The lowest BCUT2D eigenvalue weighted by Gasteiger charge is -2.22. The number of ether oxygens (including phenoxy) is 2. The van der Waals surface area contributed by atoms with E-state index in [1.54, 1.807) is 57.2 Å². The summed E-state index contributed by atoms with van der Waals surface area (Å²) < 4.78 is 61.8. The number of carbonyl (C=O) groups is 2. The first kappa shape index (κ1) is 39.6. The number of nitrogens with one attached hydrogen (secondary N) is 4. The Kier molecular flexibility index (Phi) is 16.3. The van der Waals surface area contributed by atoms with Crippen LogP contribution in [0.1, 0.15) is 58.4 Å². The summed E-state index contributed by atoms with van der Waals surface area (Å²) >= 11 is 0. The zero-order valence-corrected chi connectivity index (χ0v) is 29.8. The Balaban J connectivity index is 1.76. The average molecular weight is 698 g/mol. The molecule has 0 spiro atoms. The van der Waals surface area contributed by atoms with Crippen LogP contribution < -0.4 is 24.8 Å². The van der Waals surface area contributed by atoms with Crippen molar-refractivity contribution < 1.29 is 35.9 Å². The second-order valence-electron chi connectivity index (χ2n) is 12.4. The molecule has 15 heteroatoms. The maximum absolute atomic E-state index is 12.1. The van der Waals surface area contributed by atoms with Crippen LogP contribution in [0.3, 0.4) is 0 Å². The summed E-state index contributed by atoms with van der Waals surface area (Å²) in [7, 11) is -6.69. The number of hydrogen-bond acceptors (Lipinski definition) is 9. The first-order valence-electron chi connectivity index (χ1n) is 15.7. The Morgan fingerprint density at radius 2 is 1.30 bits per heavy atom. The maximum Gasteiger partial charge on any atom is 0.407 e. The van der Waals surface area contributed by atoms with E-state index >= 15 is 0 Å². The Bertz CT molecular complexity index is 1460. The van der Waals surface area contributed by atoms with Crippen LogP contribution in [0.2, 0.25) is 0 Å². The third-order valence-corrected chi connectivity index (χ3v) is 7.76. The lowest BCUT2D eigenvalue weighted by molar-refractivity contribution is -0.120. The van der Waals surface area contributed by atoms with E-state index in [4.69, 9.17) is 9.47 Å². The number of nitrogens with zero attached hydrogens (tertiary/aromatic N) is 1. The molecule has 2 rings (SSSR count). The van der Waals surface area contributed by atoms with Gasteiger partial charge in [0.05, 0.1) is 12.5 Å². The van der Waals surface area contributed by atoms with Crippen molar-refractivity contribution in [1.29, 1.82) is 0 Å². The highest BCUT2D eigenvalue weighted by atomic mass is 32.2. The van der Waals surface area contributed by atoms with E-state index in [1.165, 1.54) is 0 Å². The Morgan fingerprint density at radius 3 is 1.87 bits per heavy atom. The van der Waals surface area contributed by atoms with Crippen LogP contribution in [0, 0.1) is 0 Å². The van der Waals surface area contributed by atoms with Gasteiger partial charge in [0.25, 0.3) is 0 Å². The molecule has 0 aromatic heterocycles. The van der Waals surface area contributed by atoms with Gasteiger partial charge >= 0.3 is 6.09 Å². The topological polar surface area (TPSA) is 172 Å². The van der Waals surface area contributed by atoms with Gasteiger partial charge in [-0.15, -0.1) is 0 Å². The van der Waals surface area contributed by atoms with E-state index in [1.807, 2.05) is 12.1 Å². The van der Waals surface area contributed by atoms with Crippen LogP contribution in [-0.2, 0) is 36.0 Å². The van der Waals surface area contributed by atoms with Crippen molar-refractivity contribution in [2.24, 2.45) is 0 Å². The van der Waals surface area contributed by atoms with Crippen LogP contribution in [0.15, 0.2) is 48.5 Å². The third kappa shape index (κ3) is 20.3. The van der Waals surface area contributed by atoms with Crippen molar-refractivity contribution in [3.05, 3.63) is 54.1 Å². The van der Waals surface area contributed by atoms with Gasteiger partial charge in [-0.25, -0.2) is 21.6 Å². The summed E-state index contributed by atoms with van der Waals surface area (Å²) in [5, 5.41) is 5.47. The van der Waals surface area contributed by atoms with Gasteiger partial charge in [-0.05, 0) is 88.5 Å². The molecular weight excluding hydrogens is 647 g/mol. The predicted octanol–water partition coefficient (Wildman–Crippen LogP) is 3.94. The molecule has 0 radical (unpaired) electrons. The molecule has 0 atom stereocenters. The molecule has 0 bridgehead atoms. The lowest BCUT2D eigenvalue weighted by atomic mass is 10.1. The minimum absolute atomic E-state index is 0.117. The number of rotatable bonds is 21. The SMILES string of the molecule is CC(C)(C)OC(=O)NCCC(=O)NCCCCCCN(CCOc1ccc(NS(C)(=O)=O)cc1)CCc1ccc(NS(C)(=O)=O)cc1. The van der Waals surface area contributed by atoms with Crippen LogP contribution in [0.4, 0.5) is 16.2 Å². The van der Waals surface area contributed by atoms with E-state index in [0.29, 0.717) is 36.8 Å². The zero-order valence-electron chi connectivity index (χ0n) is 28.1. The Morgan fingerprint density at radius 1 is 0.723 bits per heavy atom. The van der Waals surface area contributed by atoms with E-state index in [9.17, 15) is 26.4 Å².